The van der Waals surface area contributed by atoms with Crippen molar-refractivity contribution in [2.24, 2.45) is 5.73 Å². The van der Waals surface area contributed by atoms with Crippen molar-refractivity contribution >= 4 is 0 Å². The molecule has 0 aliphatic carbocycles. The van der Waals surface area contributed by atoms with Gasteiger partial charge in [0.05, 0.1) is 7.18 Å². The van der Waals surface area contributed by atoms with Crippen molar-refractivity contribution in [3.8, 4) is 0 Å². The Hall–Kier alpha value is -0.890. The normalized spacial score (nSPS) is 10.5. The van der Waals surface area contributed by atoms with E-state index in [-0.39, 0.29) is 0 Å². The molecule has 0 amide bonds. The van der Waals surface area contributed by atoms with Crippen molar-refractivity contribution in [3.63, 3.8) is 0 Å². The molecule has 0 unspecified atom stereocenters. The first-order valence-corrected chi connectivity index (χ1v) is 3.28. The first kappa shape index (κ1) is 12.8. The van der Waals surface area contributed by atoms with Crippen LogP contribution in [0.3, 0.4) is 0 Å². The molecule has 0 heterocycles. The third kappa shape index (κ3) is 5.55. The fourth-order valence-corrected chi connectivity index (χ4v) is 0.536. The molecule has 0 fully saturated rings. The van der Waals surface area contributed by atoms with Gasteiger partial charge in [-0.25, -0.2) is 0 Å². The first-order chi connectivity index (χ1) is 5.26. The zero-order valence-electron chi connectivity index (χ0n) is 7.23. The van der Waals surface area contributed by atoms with E-state index >= 15 is 0 Å². The summed E-state index contributed by atoms with van der Waals surface area (Å²) in [6, 6.07) is 0. The lowest BCUT2D eigenvalue weighted by atomic mass is 10.1. The van der Waals surface area contributed by atoms with Gasteiger partial charge < -0.3 is 5.73 Å². The maximum atomic E-state index is 9.50. The maximum Gasteiger partial charge on any atom is 0.0785 e. The lowest BCUT2D eigenvalue weighted by Gasteiger charge is -1.98. The van der Waals surface area contributed by atoms with Gasteiger partial charge in [-0.05, 0) is 18.1 Å². The fourth-order valence-electron chi connectivity index (χ4n) is 0.536. The molecule has 0 spiro atoms. The molecule has 0 saturated heterocycles. The second kappa shape index (κ2) is 9.11. The average molecular weight is 157 g/mol. The number of allylic oxidation sites excluding steroid dienone is 2. The van der Waals surface area contributed by atoms with Gasteiger partial charge in [-0.1, -0.05) is 25.3 Å². The quantitative estimate of drug-likeness (QED) is 0.624. The highest BCUT2D eigenvalue weighted by Gasteiger charge is 1.88. The summed E-state index contributed by atoms with van der Waals surface area (Å²) in [5.74, 6) is 0. The largest absolute Gasteiger partial charge is 0.326 e. The molecule has 0 aromatic carbocycles. The molecule has 0 rings (SSSR count). The summed E-state index contributed by atoms with van der Waals surface area (Å²) in [6.45, 7) is 9.74. The summed E-state index contributed by atoms with van der Waals surface area (Å²) in [7, 11) is 0.500. The molecule has 0 radical (unpaired) electrons. The maximum absolute atomic E-state index is 9.50. The van der Waals surface area contributed by atoms with Gasteiger partial charge in [0.1, 0.15) is 0 Å². The van der Waals surface area contributed by atoms with Gasteiger partial charge in [-0.3, -0.25) is 4.39 Å². The third-order valence-corrected chi connectivity index (χ3v) is 1.28. The zero-order valence-corrected chi connectivity index (χ0v) is 7.23. The van der Waals surface area contributed by atoms with E-state index < -0.39 is 0 Å². The highest BCUT2D eigenvalue weighted by Crippen LogP contribution is 2.02. The molecule has 0 aliphatic rings. The highest BCUT2D eigenvalue weighted by molar-refractivity contribution is 5.30. The number of hydrogen-bond donors (Lipinski definition) is 1. The van der Waals surface area contributed by atoms with E-state index in [0.29, 0.717) is 13.7 Å². The summed E-state index contributed by atoms with van der Waals surface area (Å²) >= 11 is 0. The van der Waals surface area contributed by atoms with E-state index in [1.807, 2.05) is 6.92 Å². The molecular formula is C9H16FN. The minimum Gasteiger partial charge on any atom is -0.326 e. The number of nitrogens with two attached hydrogens (primary N) is 1. The van der Waals surface area contributed by atoms with Gasteiger partial charge in [-0.2, -0.15) is 0 Å². The van der Waals surface area contributed by atoms with Crippen LogP contribution in [0.25, 0.3) is 0 Å². The standard InChI is InChI=1S/C8H13N.CH3F/c1-4-7(3)8(5-2)6-9;1-2/h4-5H,1-2,6,9H2,3H3;1H3/b8-7+;. The molecule has 0 atom stereocenters. The molecule has 11 heavy (non-hydrogen) atoms. The minimum atomic E-state index is 0.500. The molecule has 64 valence electrons. The van der Waals surface area contributed by atoms with Gasteiger partial charge >= 0.3 is 0 Å². The molecule has 1 nitrogen and oxygen atoms in total. The van der Waals surface area contributed by atoms with E-state index in [1.165, 1.54) is 0 Å². The molecule has 0 saturated carbocycles. The van der Waals surface area contributed by atoms with E-state index in [1.54, 1.807) is 12.2 Å². The lowest BCUT2D eigenvalue weighted by Crippen LogP contribution is -2.01. The Labute approximate surface area is 68.1 Å². The molecule has 2 heteroatoms. The Balaban J connectivity index is 0. The van der Waals surface area contributed by atoms with Crippen LogP contribution in [-0.4, -0.2) is 13.7 Å². The topological polar surface area (TPSA) is 26.0 Å². The highest BCUT2D eigenvalue weighted by atomic mass is 19.1. The van der Waals surface area contributed by atoms with Gasteiger partial charge in [0, 0.05) is 6.54 Å². The van der Waals surface area contributed by atoms with Crippen molar-refractivity contribution in [1.82, 2.24) is 0 Å². The Morgan fingerprint density at radius 2 is 1.82 bits per heavy atom. The number of alkyl halides is 1. The Kier molecular flexibility index (Phi) is 10.6. The summed E-state index contributed by atoms with van der Waals surface area (Å²) in [5.41, 5.74) is 7.55. The van der Waals surface area contributed by atoms with Crippen LogP contribution < -0.4 is 5.73 Å². The third-order valence-electron chi connectivity index (χ3n) is 1.28. The van der Waals surface area contributed by atoms with Gasteiger partial charge in [0.15, 0.2) is 0 Å². The van der Waals surface area contributed by atoms with Crippen LogP contribution in [0.5, 0.6) is 0 Å². The second-order valence-electron chi connectivity index (χ2n) is 1.82. The molecule has 0 aliphatic heterocycles. The van der Waals surface area contributed by atoms with Crippen LogP contribution in [-0.2, 0) is 0 Å². The number of hydrogen-bond acceptors (Lipinski definition) is 1. The van der Waals surface area contributed by atoms with Crippen molar-refractivity contribution in [1.29, 1.82) is 0 Å². The predicted octanol–water partition coefficient (Wildman–Crippen LogP) is 2.22. The van der Waals surface area contributed by atoms with Gasteiger partial charge in [-0.15, -0.1) is 0 Å². The zero-order chi connectivity index (χ0) is 9.28. The summed E-state index contributed by atoms with van der Waals surface area (Å²) in [6.07, 6.45) is 3.54. The monoisotopic (exact) mass is 157 g/mol. The number of halogens is 1. The molecule has 0 aromatic rings. The Morgan fingerprint density at radius 1 is 1.36 bits per heavy atom. The van der Waals surface area contributed by atoms with Gasteiger partial charge in [0.25, 0.3) is 0 Å². The van der Waals surface area contributed by atoms with E-state index in [2.05, 4.69) is 13.2 Å². The van der Waals surface area contributed by atoms with Crippen LogP contribution >= 0.6 is 0 Å². The average Bonchev–Trinajstić information content (AvgIpc) is 2.10. The Morgan fingerprint density at radius 3 is 1.91 bits per heavy atom. The summed E-state index contributed by atoms with van der Waals surface area (Å²) in [5, 5.41) is 0. The van der Waals surface area contributed by atoms with Crippen LogP contribution in [0, 0.1) is 0 Å². The number of rotatable bonds is 3. The lowest BCUT2D eigenvalue weighted by molar-refractivity contribution is 0.636. The van der Waals surface area contributed by atoms with Crippen LogP contribution in [0.2, 0.25) is 0 Å². The first-order valence-electron chi connectivity index (χ1n) is 3.28. The molecule has 2 N–H and O–H groups in total. The van der Waals surface area contributed by atoms with Gasteiger partial charge in [0.2, 0.25) is 0 Å². The second-order valence-corrected chi connectivity index (χ2v) is 1.82. The van der Waals surface area contributed by atoms with Crippen LogP contribution in [0.1, 0.15) is 6.92 Å². The van der Waals surface area contributed by atoms with Crippen molar-refractivity contribution in [2.75, 3.05) is 13.7 Å². The predicted molar refractivity (Wildman–Crippen MR) is 49.2 cm³/mol. The summed E-state index contributed by atoms with van der Waals surface area (Å²) in [4.78, 5) is 0. The van der Waals surface area contributed by atoms with E-state index in [0.717, 1.165) is 11.1 Å². The van der Waals surface area contributed by atoms with E-state index in [9.17, 15) is 4.39 Å². The Bertz CT molecular complexity index is 148. The minimum absolute atomic E-state index is 0.500. The van der Waals surface area contributed by atoms with Crippen LogP contribution in [0.4, 0.5) is 4.39 Å². The summed E-state index contributed by atoms with van der Waals surface area (Å²) < 4.78 is 9.50. The van der Waals surface area contributed by atoms with Crippen molar-refractivity contribution in [2.45, 2.75) is 6.92 Å². The van der Waals surface area contributed by atoms with Crippen LogP contribution in [0.15, 0.2) is 36.5 Å². The molecule has 0 bridgehead atoms. The molecular weight excluding hydrogens is 141 g/mol. The SMILES string of the molecule is C=C/C(C)=C(\C=C)CN.CF. The molecule has 0 aromatic heterocycles. The van der Waals surface area contributed by atoms with E-state index in [4.69, 9.17) is 5.73 Å². The van der Waals surface area contributed by atoms with Crippen molar-refractivity contribution in [3.05, 3.63) is 36.5 Å². The van der Waals surface area contributed by atoms with Crippen molar-refractivity contribution < 1.29 is 4.39 Å². The smallest absolute Gasteiger partial charge is 0.0785 e. The fraction of sp³-hybridized carbons (Fsp3) is 0.333.